The molecule has 0 bridgehead atoms. The van der Waals surface area contributed by atoms with Gasteiger partial charge in [-0.1, -0.05) is 11.6 Å². The van der Waals surface area contributed by atoms with Crippen LogP contribution in [0.5, 0.6) is 0 Å². The number of anilines is 1. The van der Waals surface area contributed by atoms with E-state index in [4.69, 9.17) is 11.6 Å². The van der Waals surface area contributed by atoms with Crippen molar-refractivity contribution in [2.75, 3.05) is 5.32 Å². The second-order valence-corrected chi connectivity index (χ2v) is 5.63. The van der Waals surface area contributed by atoms with Gasteiger partial charge in [-0.05, 0) is 23.5 Å². The first-order valence-corrected chi connectivity index (χ1v) is 6.24. The molecule has 8 heteroatoms. The van der Waals surface area contributed by atoms with Crippen LogP contribution >= 0.6 is 34.3 Å². The lowest BCUT2D eigenvalue weighted by Crippen LogP contribution is -1.95. The molecule has 0 unspecified atom stereocenters. The van der Waals surface area contributed by atoms with E-state index >= 15 is 0 Å². The molecular weight excluding hydrogens is 270 g/mol. The first-order chi connectivity index (χ1) is 7.65. The van der Waals surface area contributed by atoms with E-state index in [1.807, 2.05) is 12.1 Å². The minimum Gasteiger partial charge on any atom is -0.356 e. The molecule has 0 spiro atoms. The summed E-state index contributed by atoms with van der Waals surface area (Å²) in [5, 5.41) is 14.0. The summed E-state index contributed by atoms with van der Waals surface area (Å²) in [4.78, 5) is 14.9. The lowest BCUT2D eigenvalue weighted by atomic mass is 10.5. The second kappa shape index (κ2) is 4.77. The fourth-order valence-electron chi connectivity index (χ4n) is 1.04. The van der Waals surface area contributed by atoms with Crippen LogP contribution in [-0.2, 0) is 6.54 Å². The summed E-state index contributed by atoms with van der Waals surface area (Å²) in [7, 11) is 0. The molecular formula is C8H6ClN3O2S2. The van der Waals surface area contributed by atoms with Gasteiger partial charge in [0.25, 0.3) is 0 Å². The first kappa shape index (κ1) is 11.3. The second-order valence-electron chi connectivity index (χ2n) is 2.82. The number of nitrogens with zero attached hydrogens (tertiary/aromatic N) is 2. The van der Waals surface area contributed by atoms with E-state index in [0.717, 1.165) is 20.6 Å². The van der Waals surface area contributed by atoms with Gasteiger partial charge in [0, 0.05) is 4.88 Å². The zero-order chi connectivity index (χ0) is 11.5. The number of hydrogen-bond acceptors (Lipinski definition) is 6. The van der Waals surface area contributed by atoms with Crippen LogP contribution in [0.3, 0.4) is 0 Å². The summed E-state index contributed by atoms with van der Waals surface area (Å²) >= 11 is 8.26. The monoisotopic (exact) mass is 275 g/mol. The Morgan fingerprint density at radius 3 is 2.88 bits per heavy atom. The van der Waals surface area contributed by atoms with E-state index < -0.39 is 4.92 Å². The normalized spacial score (nSPS) is 10.3. The van der Waals surface area contributed by atoms with Crippen molar-refractivity contribution in [1.29, 1.82) is 0 Å². The van der Waals surface area contributed by atoms with Crippen molar-refractivity contribution in [3.8, 4) is 0 Å². The minimum absolute atomic E-state index is 0.0340. The van der Waals surface area contributed by atoms with Crippen LogP contribution in [0.25, 0.3) is 0 Å². The molecule has 0 aliphatic carbocycles. The molecule has 0 saturated heterocycles. The third-order valence-corrected chi connectivity index (χ3v) is 3.85. The van der Waals surface area contributed by atoms with Crippen molar-refractivity contribution in [2.24, 2.45) is 0 Å². The average molecular weight is 276 g/mol. The Morgan fingerprint density at radius 1 is 1.50 bits per heavy atom. The molecule has 84 valence electrons. The summed E-state index contributed by atoms with van der Waals surface area (Å²) in [5.41, 5.74) is 0. The number of halogens is 1. The molecule has 16 heavy (non-hydrogen) atoms. The molecule has 0 fully saturated rings. The van der Waals surface area contributed by atoms with Crippen molar-refractivity contribution >= 4 is 44.4 Å². The number of hydrogen-bond donors (Lipinski definition) is 1. The lowest BCUT2D eigenvalue weighted by molar-refractivity contribution is -0.380. The summed E-state index contributed by atoms with van der Waals surface area (Å²) < 4.78 is 0.724. The van der Waals surface area contributed by atoms with E-state index in [1.54, 1.807) is 0 Å². The zero-order valence-electron chi connectivity index (χ0n) is 7.84. The van der Waals surface area contributed by atoms with Crippen LogP contribution in [0.15, 0.2) is 18.3 Å². The van der Waals surface area contributed by atoms with Gasteiger partial charge in [-0.2, -0.15) is 0 Å². The molecule has 0 amide bonds. The highest BCUT2D eigenvalue weighted by Gasteiger charge is 2.11. The van der Waals surface area contributed by atoms with Gasteiger partial charge in [0.05, 0.1) is 15.8 Å². The Labute approximate surface area is 104 Å². The summed E-state index contributed by atoms with van der Waals surface area (Å²) in [5.74, 6) is 0. The van der Waals surface area contributed by atoms with Crippen LogP contribution in [-0.4, -0.2) is 9.91 Å². The Hall–Kier alpha value is -1.18. The van der Waals surface area contributed by atoms with E-state index in [1.165, 1.54) is 17.5 Å². The molecule has 1 N–H and O–H groups in total. The SMILES string of the molecule is O=[N+]([O-])c1cnc(NCc2ccc(Cl)s2)s1. The lowest BCUT2D eigenvalue weighted by Gasteiger charge is -1.97. The van der Waals surface area contributed by atoms with Crippen molar-refractivity contribution in [3.05, 3.63) is 37.7 Å². The molecule has 0 aromatic carbocycles. The Morgan fingerprint density at radius 2 is 2.31 bits per heavy atom. The van der Waals surface area contributed by atoms with Crippen LogP contribution in [0.1, 0.15) is 4.88 Å². The quantitative estimate of drug-likeness (QED) is 0.686. The van der Waals surface area contributed by atoms with Crippen molar-refractivity contribution in [3.63, 3.8) is 0 Å². The predicted molar refractivity (Wildman–Crippen MR) is 65.4 cm³/mol. The highest BCUT2D eigenvalue weighted by molar-refractivity contribution is 7.18. The largest absolute Gasteiger partial charge is 0.356 e. The molecule has 2 heterocycles. The van der Waals surface area contributed by atoms with Gasteiger partial charge < -0.3 is 5.32 Å². The van der Waals surface area contributed by atoms with E-state index in [-0.39, 0.29) is 5.00 Å². The Bertz CT molecular complexity index is 511. The number of nitro groups is 1. The minimum atomic E-state index is -0.454. The smallest absolute Gasteiger partial charge is 0.345 e. The van der Waals surface area contributed by atoms with Crippen LogP contribution in [0.4, 0.5) is 10.1 Å². The molecule has 2 rings (SSSR count). The fraction of sp³-hybridized carbons (Fsp3) is 0.125. The van der Waals surface area contributed by atoms with Crippen molar-refractivity contribution in [2.45, 2.75) is 6.54 Å². The van der Waals surface area contributed by atoms with Gasteiger partial charge in [-0.3, -0.25) is 10.1 Å². The van der Waals surface area contributed by atoms with Crippen LogP contribution in [0.2, 0.25) is 4.34 Å². The molecule has 5 nitrogen and oxygen atoms in total. The van der Waals surface area contributed by atoms with Gasteiger partial charge in [0.15, 0.2) is 5.13 Å². The van der Waals surface area contributed by atoms with Crippen molar-refractivity contribution in [1.82, 2.24) is 4.98 Å². The number of nitrogens with one attached hydrogen (secondary N) is 1. The van der Waals surface area contributed by atoms with E-state index in [9.17, 15) is 10.1 Å². The molecule has 0 radical (unpaired) electrons. The molecule has 0 atom stereocenters. The zero-order valence-corrected chi connectivity index (χ0v) is 10.2. The van der Waals surface area contributed by atoms with Crippen LogP contribution < -0.4 is 5.32 Å². The van der Waals surface area contributed by atoms with E-state index in [0.29, 0.717) is 11.7 Å². The highest BCUT2D eigenvalue weighted by atomic mass is 35.5. The number of thiazole rings is 1. The molecule has 0 aliphatic heterocycles. The molecule has 0 aliphatic rings. The van der Waals surface area contributed by atoms with Crippen molar-refractivity contribution < 1.29 is 4.92 Å². The number of thiophene rings is 1. The molecule has 0 saturated carbocycles. The Balaban J connectivity index is 1.97. The topological polar surface area (TPSA) is 68.1 Å². The third-order valence-electron chi connectivity index (χ3n) is 1.72. The van der Waals surface area contributed by atoms with E-state index in [2.05, 4.69) is 10.3 Å². The Kier molecular flexibility index (Phi) is 3.37. The fourth-order valence-corrected chi connectivity index (χ4v) is 2.70. The summed E-state index contributed by atoms with van der Waals surface area (Å²) in [6.07, 6.45) is 1.24. The molecule has 2 aromatic rings. The van der Waals surface area contributed by atoms with Gasteiger partial charge in [0.1, 0.15) is 6.20 Å². The van der Waals surface area contributed by atoms with Gasteiger partial charge in [-0.25, -0.2) is 4.98 Å². The van der Waals surface area contributed by atoms with Gasteiger partial charge in [0.2, 0.25) is 0 Å². The van der Waals surface area contributed by atoms with Gasteiger partial charge in [-0.15, -0.1) is 11.3 Å². The third kappa shape index (κ3) is 2.69. The average Bonchev–Trinajstić information content (AvgIpc) is 2.83. The maximum absolute atomic E-state index is 10.4. The maximum Gasteiger partial charge on any atom is 0.345 e. The highest BCUT2D eigenvalue weighted by Crippen LogP contribution is 2.27. The number of aromatic nitrogens is 1. The summed E-state index contributed by atoms with van der Waals surface area (Å²) in [6, 6.07) is 3.72. The van der Waals surface area contributed by atoms with Crippen LogP contribution in [0, 0.1) is 10.1 Å². The van der Waals surface area contributed by atoms with Gasteiger partial charge >= 0.3 is 5.00 Å². The molecule has 2 aromatic heterocycles. The first-order valence-electron chi connectivity index (χ1n) is 4.23. The number of rotatable bonds is 4. The standard InChI is InChI=1S/C8H6ClN3O2S2/c9-6-2-1-5(15-6)3-10-8-11-4-7(16-8)12(13)14/h1-2,4H,3H2,(H,10,11). The maximum atomic E-state index is 10.4. The predicted octanol–water partition coefficient (Wildman–Crippen LogP) is 3.38. The summed E-state index contributed by atoms with van der Waals surface area (Å²) in [6.45, 7) is 0.571.